The second kappa shape index (κ2) is 3.02. The molecule has 0 saturated heterocycles. The van der Waals surface area contributed by atoms with E-state index in [1.807, 2.05) is 0 Å². The number of nitrogens with two attached hydrogens (primary N) is 1. The molecule has 1 heteroatoms. The fourth-order valence-corrected chi connectivity index (χ4v) is 3.41. The van der Waals surface area contributed by atoms with Crippen LogP contribution in [0.1, 0.15) is 51.9 Å². The number of hydrogen-bond donors (Lipinski definition) is 1. The molecule has 1 spiro atoms. The number of rotatable bonds is 1. The molecule has 12 heavy (non-hydrogen) atoms. The van der Waals surface area contributed by atoms with Crippen molar-refractivity contribution in [2.45, 2.75) is 57.9 Å². The second-order valence-corrected chi connectivity index (χ2v) is 4.93. The van der Waals surface area contributed by atoms with Crippen molar-refractivity contribution in [2.75, 3.05) is 0 Å². The van der Waals surface area contributed by atoms with Gasteiger partial charge in [-0.3, -0.25) is 0 Å². The predicted octanol–water partition coefficient (Wildman–Crippen LogP) is 2.69. The van der Waals surface area contributed by atoms with Crippen molar-refractivity contribution in [1.82, 2.24) is 0 Å². The first-order chi connectivity index (χ1) is 5.75. The van der Waals surface area contributed by atoms with Crippen LogP contribution in [-0.4, -0.2) is 6.04 Å². The molecule has 0 aromatic rings. The molecule has 2 N–H and O–H groups in total. The predicted molar refractivity (Wildman–Crippen MR) is 51.9 cm³/mol. The third kappa shape index (κ3) is 1.19. The maximum absolute atomic E-state index is 6.05. The van der Waals surface area contributed by atoms with E-state index in [2.05, 4.69) is 6.92 Å². The molecule has 2 fully saturated rings. The van der Waals surface area contributed by atoms with Gasteiger partial charge in [-0.1, -0.05) is 19.3 Å². The monoisotopic (exact) mass is 167 g/mol. The van der Waals surface area contributed by atoms with Crippen LogP contribution in [-0.2, 0) is 0 Å². The molecule has 0 radical (unpaired) electrons. The molecule has 70 valence electrons. The van der Waals surface area contributed by atoms with E-state index in [0.717, 1.165) is 5.92 Å². The van der Waals surface area contributed by atoms with Gasteiger partial charge in [-0.25, -0.2) is 0 Å². The van der Waals surface area contributed by atoms with E-state index >= 15 is 0 Å². The average molecular weight is 167 g/mol. The third-order valence-corrected chi connectivity index (χ3v) is 4.21. The van der Waals surface area contributed by atoms with Crippen molar-refractivity contribution in [3.05, 3.63) is 0 Å². The van der Waals surface area contributed by atoms with Gasteiger partial charge in [-0.05, 0) is 43.9 Å². The van der Waals surface area contributed by atoms with Crippen LogP contribution in [0.5, 0.6) is 0 Å². The van der Waals surface area contributed by atoms with Crippen LogP contribution in [0.15, 0.2) is 0 Å². The molecular weight excluding hydrogens is 146 g/mol. The Bertz CT molecular complexity index is 158. The molecule has 2 aliphatic carbocycles. The van der Waals surface area contributed by atoms with Gasteiger partial charge in [0.15, 0.2) is 0 Å². The average Bonchev–Trinajstić information content (AvgIpc) is 2.01. The molecule has 2 rings (SSSR count). The van der Waals surface area contributed by atoms with Gasteiger partial charge in [0, 0.05) is 6.04 Å². The Hall–Kier alpha value is -0.0400. The molecule has 2 aliphatic rings. The summed E-state index contributed by atoms with van der Waals surface area (Å²) in [6.07, 6.45) is 10.2. The van der Waals surface area contributed by atoms with Crippen LogP contribution in [0.25, 0.3) is 0 Å². The largest absolute Gasteiger partial charge is 0.328 e. The summed E-state index contributed by atoms with van der Waals surface area (Å²) in [5.41, 5.74) is 6.77. The minimum atomic E-state index is 0.436. The Labute approximate surface area is 75.7 Å². The fourth-order valence-electron chi connectivity index (χ4n) is 3.41. The highest BCUT2D eigenvalue weighted by molar-refractivity contribution is 4.98. The normalized spacial score (nSPS) is 36.0. The Morgan fingerprint density at radius 3 is 2.25 bits per heavy atom. The summed E-state index contributed by atoms with van der Waals surface area (Å²) in [4.78, 5) is 0. The highest BCUT2D eigenvalue weighted by atomic mass is 14.7. The molecule has 2 unspecified atom stereocenters. The van der Waals surface area contributed by atoms with E-state index in [9.17, 15) is 0 Å². The van der Waals surface area contributed by atoms with Gasteiger partial charge in [0.05, 0.1) is 0 Å². The molecule has 0 aliphatic heterocycles. The standard InChI is InChI=1S/C11H21N/c1-9(12)10-5-2-3-6-11(10)7-4-8-11/h9-10H,2-8,12H2,1H3. The van der Waals surface area contributed by atoms with Crippen LogP contribution in [0.3, 0.4) is 0 Å². The van der Waals surface area contributed by atoms with Crippen molar-refractivity contribution < 1.29 is 0 Å². The molecule has 2 atom stereocenters. The summed E-state index contributed by atoms with van der Waals surface area (Å²) in [5, 5.41) is 0. The van der Waals surface area contributed by atoms with E-state index in [4.69, 9.17) is 5.73 Å². The third-order valence-electron chi connectivity index (χ3n) is 4.21. The first kappa shape index (κ1) is 8.55. The summed E-state index contributed by atoms with van der Waals surface area (Å²) in [6, 6.07) is 0.436. The lowest BCUT2D eigenvalue weighted by molar-refractivity contribution is -0.00367. The molecule has 0 aromatic carbocycles. The van der Waals surface area contributed by atoms with Crippen molar-refractivity contribution in [3.8, 4) is 0 Å². The summed E-state index contributed by atoms with van der Waals surface area (Å²) in [5.74, 6) is 0.847. The zero-order chi connectivity index (χ0) is 8.60. The van der Waals surface area contributed by atoms with Crippen LogP contribution < -0.4 is 5.73 Å². The topological polar surface area (TPSA) is 26.0 Å². The van der Waals surface area contributed by atoms with Gasteiger partial charge >= 0.3 is 0 Å². The van der Waals surface area contributed by atoms with Gasteiger partial charge in [0.25, 0.3) is 0 Å². The highest BCUT2D eigenvalue weighted by Gasteiger charge is 2.46. The molecule has 1 nitrogen and oxygen atoms in total. The first-order valence-corrected chi connectivity index (χ1v) is 5.50. The lowest BCUT2D eigenvalue weighted by atomic mass is 9.54. The van der Waals surface area contributed by atoms with E-state index in [-0.39, 0.29) is 0 Å². The second-order valence-electron chi connectivity index (χ2n) is 4.93. The molecule has 2 saturated carbocycles. The maximum Gasteiger partial charge on any atom is 0.00440 e. The van der Waals surface area contributed by atoms with E-state index < -0.39 is 0 Å². The molecule has 0 bridgehead atoms. The molecular formula is C11H21N. The maximum atomic E-state index is 6.05. The Morgan fingerprint density at radius 2 is 1.83 bits per heavy atom. The summed E-state index contributed by atoms with van der Waals surface area (Å²) in [7, 11) is 0. The number of hydrogen-bond acceptors (Lipinski definition) is 1. The first-order valence-electron chi connectivity index (χ1n) is 5.50. The van der Waals surface area contributed by atoms with Gasteiger partial charge in [0.2, 0.25) is 0 Å². The quantitative estimate of drug-likeness (QED) is 0.638. The lowest BCUT2D eigenvalue weighted by Gasteiger charge is -2.52. The van der Waals surface area contributed by atoms with E-state index in [1.54, 1.807) is 0 Å². The minimum Gasteiger partial charge on any atom is -0.328 e. The van der Waals surface area contributed by atoms with Gasteiger partial charge in [-0.15, -0.1) is 0 Å². The van der Waals surface area contributed by atoms with Crippen LogP contribution >= 0.6 is 0 Å². The smallest absolute Gasteiger partial charge is 0.00440 e. The van der Waals surface area contributed by atoms with Crippen molar-refractivity contribution in [1.29, 1.82) is 0 Å². The lowest BCUT2D eigenvalue weighted by Crippen LogP contribution is -2.47. The summed E-state index contributed by atoms with van der Waals surface area (Å²) in [6.45, 7) is 2.20. The van der Waals surface area contributed by atoms with Gasteiger partial charge in [0.1, 0.15) is 0 Å². The SMILES string of the molecule is CC(N)C1CCCCC12CCC2. The fraction of sp³-hybridized carbons (Fsp3) is 1.00. The Kier molecular flexibility index (Phi) is 2.16. The van der Waals surface area contributed by atoms with Gasteiger partial charge < -0.3 is 5.73 Å². The van der Waals surface area contributed by atoms with Crippen LogP contribution in [0.4, 0.5) is 0 Å². The van der Waals surface area contributed by atoms with E-state index in [0.29, 0.717) is 11.5 Å². The minimum absolute atomic E-state index is 0.436. The van der Waals surface area contributed by atoms with Crippen molar-refractivity contribution in [3.63, 3.8) is 0 Å². The van der Waals surface area contributed by atoms with Crippen molar-refractivity contribution >= 4 is 0 Å². The Balaban J connectivity index is 2.06. The van der Waals surface area contributed by atoms with Gasteiger partial charge in [-0.2, -0.15) is 0 Å². The Morgan fingerprint density at radius 1 is 1.17 bits per heavy atom. The zero-order valence-electron chi connectivity index (χ0n) is 8.18. The zero-order valence-corrected chi connectivity index (χ0v) is 8.18. The molecule has 0 heterocycles. The van der Waals surface area contributed by atoms with E-state index in [1.165, 1.54) is 44.9 Å². The highest BCUT2D eigenvalue weighted by Crippen LogP contribution is 2.55. The van der Waals surface area contributed by atoms with Crippen molar-refractivity contribution in [2.24, 2.45) is 17.1 Å². The summed E-state index contributed by atoms with van der Waals surface area (Å²) >= 11 is 0. The summed E-state index contributed by atoms with van der Waals surface area (Å²) < 4.78 is 0. The van der Waals surface area contributed by atoms with Crippen LogP contribution in [0.2, 0.25) is 0 Å². The molecule has 0 amide bonds. The molecule has 0 aromatic heterocycles. The van der Waals surface area contributed by atoms with Crippen LogP contribution in [0, 0.1) is 11.3 Å².